The zero-order chi connectivity index (χ0) is 17.9. The topological polar surface area (TPSA) is 62.2 Å². The first-order valence-corrected chi connectivity index (χ1v) is 9.44. The van der Waals surface area contributed by atoms with E-state index in [9.17, 15) is 4.79 Å². The molecule has 1 saturated heterocycles. The van der Waals surface area contributed by atoms with Crippen LogP contribution in [0.4, 0.5) is 5.82 Å². The molecule has 4 rings (SSSR count). The summed E-state index contributed by atoms with van der Waals surface area (Å²) < 4.78 is 0. The molecule has 0 radical (unpaired) electrons. The maximum absolute atomic E-state index is 12.8. The molecule has 7 heteroatoms. The van der Waals surface area contributed by atoms with Crippen molar-refractivity contribution in [3.05, 3.63) is 59.2 Å². The third kappa shape index (κ3) is 3.43. The maximum Gasteiger partial charge on any atom is 0.273 e. The Morgan fingerprint density at radius 3 is 2.46 bits per heavy atom. The molecule has 0 saturated carbocycles. The first kappa shape index (κ1) is 16.7. The lowest BCUT2D eigenvalue weighted by atomic mass is 10.2. The lowest BCUT2D eigenvalue weighted by Crippen LogP contribution is -2.49. The number of rotatable bonds is 3. The summed E-state index contributed by atoms with van der Waals surface area (Å²) in [6.45, 7) is 4.74. The molecule has 0 N–H and O–H groups in total. The molecule has 1 fully saturated rings. The molecule has 6 nitrogen and oxygen atoms in total. The molecule has 3 aromatic rings. The van der Waals surface area contributed by atoms with Gasteiger partial charge in [-0.3, -0.25) is 4.79 Å². The number of nitrogens with zero attached hydrogens (tertiary/aromatic N) is 5. The highest BCUT2D eigenvalue weighted by atomic mass is 32.1. The third-order valence-electron chi connectivity index (χ3n) is 4.42. The summed E-state index contributed by atoms with van der Waals surface area (Å²) in [5.41, 5.74) is 2.47. The fourth-order valence-corrected chi connectivity index (χ4v) is 3.75. The summed E-state index contributed by atoms with van der Waals surface area (Å²) in [5, 5.41) is 11.1. The van der Waals surface area contributed by atoms with Crippen LogP contribution in [0, 0.1) is 6.92 Å². The molecule has 2 aromatic heterocycles. The van der Waals surface area contributed by atoms with Gasteiger partial charge in [0.1, 0.15) is 10.7 Å². The lowest BCUT2D eigenvalue weighted by Gasteiger charge is -2.34. The van der Waals surface area contributed by atoms with Gasteiger partial charge in [0.05, 0.1) is 5.69 Å². The summed E-state index contributed by atoms with van der Waals surface area (Å²) in [4.78, 5) is 21.3. The Kier molecular flexibility index (Phi) is 4.62. The van der Waals surface area contributed by atoms with E-state index in [1.54, 1.807) is 0 Å². The standard InChI is InChI=1S/C19H19N5OS/c1-14-7-8-17(22-21-14)23-9-11-24(12-10-23)19(25)16-13-26-18(20-16)15-5-3-2-4-6-15/h2-8,13H,9-12H2,1H3. The molecule has 1 aliphatic heterocycles. The van der Waals surface area contributed by atoms with Gasteiger partial charge in [0.2, 0.25) is 0 Å². The number of hydrogen-bond donors (Lipinski definition) is 0. The summed E-state index contributed by atoms with van der Waals surface area (Å²) in [6, 6.07) is 13.9. The minimum atomic E-state index is -0.00179. The quantitative estimate of drug-likeness (QED) is 0.714. The highest BCUT2D eigenvalue weighted by molar-refractivity contribution is 7.13. The monoisotopic (exact) mass is 365 g/mol. The zero-order valence-corrected chi connectivity index (χ0v) is 15.3. The van der Waals surface area contributed by atoms with Crippen LogP contribution in [0.25, 0.3) is 10.6 Å². The molecule has 0 spiro atoms. The van der Waals surface area contributed by atoms with Crippen molar-refractivity contribution in [2.75, 3.05) is 31.1 Å². The maximum atomic E-state index is 12.8. The number of anilines is 1. The Labute approximate surface area is 156 Å². The van der Waals surface area contributed by atoms with E-state index < -0.39 is 0 Å². The first-order chi connectivity index (χ1) is 12.7. The van der Waals surface area contributed by atoms with Crippen molar-refractivity contribution in [2.45, 2.75) is 6.92 Å². The second-order valence-corrected chi connectivity index (χ2v) is 7.07. The minimum absolute atomic E-state index is 0.00179. The third-order valence-corrected chi connectivity index (χ3v) is 5.31. The van der Waals surface area contributed by atoms with E-state index in [4.69, 9.17) is 0 Å². The van der Waals surface area contributed by atoms with Crippen molar-refractivity contribution in [2.24, 2.45) is 0 Å². The molecule has 0 atom stereocenters. The van der Waals surface area contributed by atoms with Gasteiger partial charge < -0.3 is 9.80 Å². The summed E-state index contributed by atoms with van der Waals surface area (Å²) >= 11 is 1.51. The number of benzene rings is 1. The Balaban J connectivity index is 1.41. The molecule has 1 aromatic carbocycles. The van der Waals surface area contributed by atoms with Crippen LogP contribution < -0.4 is 4.90 Å². The smallest absolute Gasteiger partial charge is 0.273 e. The largest absolute Gasteiger partial charge is 0.352 e. The number of hydrogen-bond acceptors (Lipinski definition) is 6. The normalized spacial score (nSPS) is 14.5. The fraction of sp³-hybridized carbons (Fsp3) is 0.263. The van der Waals surface area contributed by atoms with Crippen LogP contribution in [0.2, 0.25) is 0 Å². The number of aryl methyl sites for hydroxylation is 1. The molecule has 3 heterocycles. The highest BCUT2D eigenvalue weighted by Gasteiger charge is 2.24. The van der Waals surface area contributed by atoms with E-state index in [0.29, 0.717) is 18.8 Å². The van der Waals surface area contributed by atoms with Crippen LogP contribution in [0.15, 0.2) is 47.8 Å². The van der Waals surface area contributed by atoms with Crippen LogP contribution in [0.5, 0.6) is 0 Å². The van der Waals surface area contributed by atoms with Crippen LogP contribution in [0.1, 0.15) is 16.2 Å². The van der Waals surface area contributed by atoms with E-state index in [0.717, 1.165) is 35.2 Å². The van der Waals surface area contributed by atoms with Crippen molar-refractivity contribution in [1.82, 2.24) is 20.1 Å². The Morgan fingerprint density at radius 2 is 1.77 bits per heavy atom. The summed E-state index contributed by atoms with van der Waals surface area (Å²) in [5.74, 6) is 0.862. The minimum Gasteiger partial charge on any atom is -0.352 e. The number of carbonyl (C=O) groups excluding carboxylic acids is 1. The second-order valence-electron chi connectivity index (χ2n) is 6.22. The highest BCUT2D eigenvalue weighted by Crippen LogP contribution is 2.24. The Hall–Kier alpha value is -2.80. The molecule has 0 bridgehead atoms. The molecular weight excluding hydrogens is 346 g/mol. The van der Waals surface area contributed by atoms with Gasteiger partial charge in [-0.05, 0) is 19.1 Å². The van der Waals surface area contributed by atoms with Gasteiger partial charge in [-0.15, -0.1) is 16.4 Å². The van der Waals surface area contributed by atoms with Crippen molar-refractivity contribution in [1.29, 1.82) is 0 Å². The van der Waals surface area contributed by atoms with Gasteiger partial charge >= 0.3 is 0 Å². The average molecular weight is 365 g/mol. The summed E-state index contributed by atoms with van der Waals surface area (Å²) in [7, 11) is 0. The molecule has 132 valence electrons. The van der Waals surface area contributed by atoms with Gasteiger partial charge in [-0.25, -0.2) is 4.98 Å². The number of amides is 1. The predicted octanol–water partition coefficient (Wildman–Crippen LogP) is 2.87. The number of carbonyl (C=O) groups is 1. The fourth-order valence-electron chi connectivity index (χ4n) is 2.95. The van der Waals surface area contributed by atoms with Gasteiger partial charge in [-0.1, -0.05) is 30.3 Å². The van der Waals surface area contributed by atoms with Gasteiger partial charge in [0, 0.05) is 37.1 Å². The van der Waals surface area contributed by atoms with Crippen LogP contribution in [-0.2, 0) is 0 Å². The molecule has 26 heavy (non-hydrogen) atoms. The van der Waals surface area contributed by atoms with Crippen LogP contribution in [-0.4, -0.2) is 52.2 Å². The van der Waals surface area contributed by atoms with E-state index >= 15 is 0 Å². The van der Waals surface area contributed by atoms with E-state index in [1.165, 1.54) is 11.3 Å². The molecule has 0 aliphatic carbocycles. The lowest BCUT2D eigenvalue weighted by molar-refractivity contribution is 0.0741. The Morgan fingerprint density at radius 1 is 1.00 bits per heavy atom. The van der Waals surface area contributed by atoms with E-state index in [1.807, 2.05) is 59.7 Å². The first-order valence-electron chi connectivity index (χ1n) is 8.56. The zero-order valence-electron chi connectivity index (χ0n) is 14.5. The van der Waals surface area contributed by atoms with Crippen molar-refractivity contribution in [3.63, 3.8) is 0 Å². The van der Waals surface area contributed by atoms with Gasteiger partial charge in [0.25, 0.3) is 5.91 Å². The second kappa shape index (κ2) is 7.21. The van der Waals surface area contributed by atoms with Crippen molar-refractivity contribution in [3.8, 4) is 10.6 Å². The Bertz CT molecular complexity index is 886. The van der Waals surface area contributed by atoms with Gasteiger partial charge in [-0.2, -0.15) is 5.10 Å². The number of aromatic nitrogens is 3. The molecule has 1 aliphatic rings. The molecule has 0 unspecified atom stereocenters. The van der Waals surface area contributed by atoms with Crippen LogP contribution >= 0.6 is 11.3 Å². The van der Waals surface area contributed by atoms with Crippen LogP contribution in [0.3, 0.4) is 0 Å². The number of thiazole rings is 1. The van der Waals surface area contributed by atoms with E-state index in [2.05, 4.69) is 20.1 Å². The average Bonchev–Trinajstić information content (AvgIpc) is 3.19. The predicted molar refractivity (Wildman–Crippen MR) is 102 cm³/mol. The summed E-state index contributed by atoms with van der Waals surface area (Å²) in [6.07, 6.45) is 0. The number of piperazine rings is 1. The van der Waals surface area contributed by atoms with Gasteiger partial charge in [0.15, 0.2) is 5.82 Å². The van der Waals surface area contributed by atoms with Crippen molar-refractivity contribution >= 4 is 23.1 Å². The molecule has 1 amide bonds. The van der Waals surface area contributed by atoms with E-state index in [-0.39, 0.29) is 5.91 Å². The molecular formula is C19H19N5OS. The SMILES string of the molecule is Cc1ccc(N2CCN(C(=O)c3csc(-c4ccccc4)n3)CC2)nn1. The van der Waals surface area contributed by atoms with Crippen molar-refractivity contribution < 1.29 is 4.79 Å².